The van der Waals surface area contributed by atoms with E-state index in [0.29, 0.717) is 12.8 Å². The Labute approximate surface area is 110 Å². The van der Waals surface area contributed by atoms with Gasteiger partial charge in [0, 0.05) is 10.6 Å². The van der Waals surface area contributed by atoms with E-state index in [-0.39, 0.29) is 23.0 Å². The standard InChI is InChI=1S/C11H14ClF2NO.ClH/c1-2-3-9(16)11(15)10-7(13)4-6(12)5-8(10)14;/h4-5,9,11,16H,2-3,15H2,1H3;1H/t9-,11-;/m0./s1. The van der Waals surface area contributed by atoms with E-state index < -0.39 is 23.8 Å². The van der Waals surface area contributed by atoms with Crippen LogP contribution in [0.5, 0.6) is 0 Å². The number of hydrogen-bond donors (Lipinski definition) is 2. The minimum Gasteiger partial charge on any atom is -0.391 e. The van der Waals surface area contributed by atoms with Crippen molar-refractivity contribution in [2.24, 2.45) is 5.73 Å². The molecule has 0 aliphatic heterocycles. The number of halogens is 4. The van der Waals surface area contributed by atoms with Crippen LogP contribution < -0.4 is 5.73 Å². The lowest BCUT2D eigenvalue weighted by molar-refractivity contribution is 0.131. The van der Waals surface area contributed by atoms with Gasteiger partial charge in [-0.2, -0.15) is 0 Å². The Kier molecular flexibility index (Phi) is 6.94. The summed E-state index contributed by atoms with van der Waals surface area (Å²) >= 11 is 5.48. The molecule has 0 aromatic heterocycles. The van der Waals surface area contributed by atoms with Crippen LogP contribution >= 0.6 is 24.0 Å². The quantitative estimate of drug-likeness (QED) is 0.892. The molecule has 0 amide bonds. The summed E-state index contributed by atoms with van der Waals surface area (Å²) in [6.45, 7) is 1.85. The Morgan fingerprint density at radius 2 is 1.82 bits per heavy atom. The molecule has 0 aliphatic carbocycles. The predicted octanol–water partition coefficient (Wildman–Crippen LogP) is 3.20. The van der Waals surface area contributed by atoms with E-state index in [4.69, 9.17) is 17.3 Å². The molecule has 0 bridgehead atoms. The molecule has 0 radical (unpaired) electrons. The number of hydrogen-bond acceptors (Lipinski definition) is 2. The minimum absolute atomic E-state index is 0. The second kappa shape index (κ2) is 7.11. The Bertz CT molecular complexity index is 353. The minimum atomic E-state index is -1.07. The monoisotopic (exact) mass is 285 g/mol. The zero-order valence-electron chi connectivity index (χ0n) is 9.29. The summed E-state index contributed by atoms with van der Waals surface area (Å²) in [6, 6.07) is 0.897. The molecule has 0 unspecified atom stereocenters. The molecule has 2 nitrogen and oxygen atoms in total. The van der Waals surface area contributed by atoms with Crippen molar-refractivity contribution in [2.45, 2.75) is 31.9 Å². The average molecular weight is 286 g/mol. The third kappa shape index (κ3) is 4.07. The summed E-state index contributed by atoms with van der Waals surface area (Å²) in [5, 5.41) is 9.57. The Morgan fingerprint density at radius 1 is 1.35 bits per heavy atom. The Balaban J connectivity index is 0.00000256. The van der Waals surface area contributed by atoms with Gasteiger partial charge in [-0.1, -0.05) is 24.9 Å². The van der Waals surface area contributed by atoms with Crippen LogP contribution in [0.2, 0.25) is 5.02 Å². The van der Waals surface area contributed by atoms with E-state index in [2.05, 4.69) is 0 Å². The van der Waals surface area contributed by atoms with Gasteiger partial charge in [0.15, 0.2) is 0 Å². The zero-order valence-corrected chi connectivity index (χ0v) is 10.9. The highest BCUT2D eigenvalue weighted by Gasteiger charge is 2.23. The predicted molar refractivity (Wildman–Crippen MR) is 66.5 cm³/mol. The maximum atomic E-state index is 13.4. The molecule has 1 aromatic carbocycles. The second-order valence-electron chi connectivity index (χ2n) is 3.66. The first-order chi connectivity index (χ1) is 7.47. The highest BCUT2D eigenvalue weighted by molar-refractivity contribution is 6.30. The lowest BCUT2D eigenvalue weighted by Gasteiger charge is -2.19. The molecule has 3 N–H and O–H groups in total. The van der Waals surface area contributed by atoms with Crippen molar-refractivity contribution in [2.75, 3.05) is 0 Å². The van der Waals surface area contributed by atoms with Crippen LogP contribution in [0.1, 0.15) is 31.4 Å². The zero-order chi connectivity index (χ0) is 12.3. The maximum absolute atomic E-state index is 13.4. The average Bonchev–Trinajstić information content (AvgIpc) is 2.16. The molecule has 1 rings (SSSR count). The van der Waals surface area contributed by atoms with Crippen molar-refractivity contribution in [3.05, 3.63) is 34.4 Å². The van der Waals surface area contributed by atoms with Gasteiger partial charge in [0.2, 0.25) is 0 Å². The van der Waals surface area contributed by atoms with E-state index in [1.807, 2.05) is 6.92 Å². The summed E-state index contributed by atoms with van der Waals surface area (Å²) in [6.07, 6.45) is 0.115. The van der Waals surface area contributed by atoms with Gasteiger partial charge >= 0.3 is 0 Å². The van der Waals surface area contributed by atoms with E-state index in [9.17, 15) is 13.9 Å². The fraction of sp³-hybridized carbons (Fsp3) is 0.455. The Hall–Kier alpha value is -0.420. The topological polar surface area (TPSA) is 46.2 Å². The highest BCUT2D eigenvalue weighted by atomic mass is 35.5. The lowest BCUT2D eigenvalue weighted by atomic mass is 9.98. The number of rotatable bonds is 4. The first-order valence-corrected chi connectivity index (χ1v) is 5.43. The second-order valence-corrected chi connectivity index (χ2v) is 4.10. The molecule has 0 aliphatic rings. The van der Waals surface area contributed by atoms with E-state index in [0.717, 1.165) is 12.1 Å². The van der Waals surface area contributed by atoms with E-state index in [1.165, 1.54) is 0 Å². The SMILES string of the molecule is CCC[C@H](O)[C@H](N)c1c(F)cc(Cl)cc1F.Cl. The summed E-state index contributed by atoms with van der Waals surface area (Å²) in [4.78, 5) is 0. The molecule has 0 saturated carbocycles. The van der Waals surface area contributed by atoms with Crippen LogP contribution in [0.15, 0.2) is 12.1 Å². The van der Waals surface area contributed by atoms with Gasteiger partial charge in [-0.15, -0.1) is 12.4 Å². The van der Waals surface area contributed by atoms with E-state index in [1.54, 1.807) is 0 Å². The maximum Gasteiger partial charge on any atom is 0.132 e. The van der Waals surface area contributed by atoms with Crippen molar-refractivity contribution < 1.29 is 13.9 Å². The van der Waals surface area contributed by atoms with Crippen molar-refractivity contribution in [3.8, 4) is 0 Å². The van der Waals surface area contributed by atoms with Crippen LogP contribution in [0.3, 0.4) is 0 Å². The molecule has 0 spiro atoms. The van der Waals surface area contributed by atoms with Gasteiger partial charge in [-0.3, -0.25) is 0 Å². The van der Waals surface area contributed by atoms with Gasteiger partial charge in [-0.05, 0) is 18.6 Å². The van der Waals surface area contributed by atoms with Crippen LogP contribution in [0, 0.1) is 11.6 Å². The summed E-state index contributed by atoms with van der Waals surface area (Å²) in [7, 11) is 0. The summed E-state index contributed by atoms with van der Waals surface area (Å²) < 4.78 is 26.9. The molecule has 0 saturated heterocycles. The van der Waals surface area contributed by atoms with Gasteiger partial charge in [0.25, 0.3) is 0 Å². The first kappa shape index (κ1) is 16.6. The van der Waals surface area contributed by atoms with Crippen LogP contribution in [-0.4, -0.2) is 11.2 Å². The largest absolute Gasteiger partial charge is 0.391 e. The third-order valence-electron chi connectivity index (χ3n) is 2.38. The molecular weight excluding hydrogens is 271 g/mol. The number of aliphatic hydroxyl groups is 1. The fourth-order valence-electron chi connectivity index (χ4n) is 1.54. The molecule has 0 fully saturated rings. The molecule has 0 heterocycles. The van der Waals surface area contributed by atoms with Crippen molar-refractivity contribution in [1.29, 1.82) is 0 Å². The first-order valence-electron chi connectivity index (χ1n) is 5.05. The third-order valence-corrected chi connectivity index (χ3v) is 2.59. The molecule has 6 heteroatoms. The fourth-order valence-corrected chi connectivity index (χ4v) is 1.73. The van der Waals surface area contributed by atoms with Crippen molar-refractivity contribution in [1.82, 2.24) is 0 Å². The molecule has 98 valence electrons. The van der Waals surface area contributed by atoms with Gasteiger partial charge < -0.3 is 10.8 Å². The van der Waals surface area contributed by atoms with Crippen LogP contribution in [-0.2, 0) is 0 Å². The molecule has 1 aromatic rings. The van der Waals surface area contributed by atoms with Crippen molar-refractivity contribution >= 4 is 24.0 Å². The van der Waals surface area contributed by atoms with Crippen LogP contribution in [0.25, 0.3) is 0 Å². The summed E-state index contributed by atoms with van der Waals surface area (Å²) in [5.74, 6) is -1.65. The van der Waals surface area contributed by atoms with Gasteiger partial charge in [0.1, 0.15) is 11.6 Å². The number of nitrogens with two attached hydrogens (primary N) is 1. The van der Waals surface area contributed by atoms with Crippen molar-refractivity contribution in [3.63, 3.8) is 0 Å². The highest BCUT2D eigenvalue weighted by Crippen LogP contribution is 2.26. The lowest BCUT2D eigenvalue weighted by Crippen LogP contribution is -2.28. The molecule has 17 heavy (non-hydrogen) atoms. The Morgan fingerprint density at radius 3 is 2.24 bits per heavy atom. The van der Waals surface area contributed by atoms with Crippen LogP contribution in [0.4, 0.5) is 8.78 Å². The summed E-state index contributed by atoms with van der Waals surface area (Å²) in [5.41, 5.74) is 5.29. The number of aliphatic hydroxyl groups excluding tert-OH is 1. The molecular formula is C11H15Cl2F2NO. The van der Waals surface area contributed by atoms with E-state index >= 15 is 0 Å². The normalized spacial score (nSPS) is 14.0. The number of benzene rings is 1. The molecule has 2 atom stereocenters. The van der Waals surface area contributed by atoms with Gasteiger partial charge in [-0.25, -0.2) is 8.78 Å². The smallest absolute Gasteiger partial charge is 0.132 e. The van der Waals surface area contributed by atoms with Gasteiger partial charge in [0.05, 0.1) is 12.1 Å².